The van der Waals surface area contributed by atoms with Crippen molar-refractivity contribution in [1.82, 2.24) is 4.98 Å². The predicted molar refractivity (Wildman–Crippen MR) is 84.1 cm³/mol. The van der Waals surface area contributed by atoms with Gasteiger partial charge in [-0.1, -0.05) is 19.1 Å². The molecule has 0 aliphatic rings. The number of anilines is 1. The molecule has 1 aromatic rings. The Kier molecular flexibility index (Phi) is 5.88. The van der Waals surface area contributed by atoms with E-state index in [-0.39, 0.29) is 17.5 Å². The van der Waals surface area contributed by atoms with Crippen LogP contribution in [-0.2, 0) is 9.53 Å². The van der Waals surface area contributed by atoms with Crippen molar-refractivity contribution in [2.75, 3.05) is 25.1 Å². The molecule has 0 aromatic carbocycles. The van der Waals surface area contributed by atoms with Crippen LogP contribution in [-0.4, -0.2) is 36.1 Å². The zero-order chi connectivity index (χ0) is 15.3. The van der Waals surface area contributed by atoms with Crippen molar-refractivity contribution in [3.8, 4) is 0 Å². The van der Waals surface area contributed by atoms with Crippen molar-refractivity contribution in [3.05, 3.63) is 23.0 Å². The molecule has 6 heteroatoms. The smallest absolute Gasteiger partial charge is 0.325 e. The van der Waals surface area contributed by atoms with Crippen LogP contribution in [0.4, 0.5) is 5.69 Å². The number of aryl methyl sites for hydroxylation is 2. The Morgan fingerprint density at radius 1 is 1.50 bits per heavy atom. The number of hydrogen-bond acceptors (Lipinski definition) is 5. The average Bonchev–Trinajstić information content (AvgIpc) is 2.36. The van der Waals surface area contributed by atoms with Crippen LogP contribution in [0, 0.1) is 13.8 Å². The molecule has 0 saturated carbocycles. The van der Waals surface area contributed by atoms with Crippen LogP contribution in [0.5, 0.6) is 0 Å². The number of thiocarbonyl (C=S) groups is 1. The van der Waals surface area contributed by atoms with Crippen molar-refractivity contribution in [3.63, 3.8) is 0 Å². The minimum atomic E-state index is -0.292. The third-order valence-electron chi connectivity index (χ3n) is 2.94. The van der Waals surface area contributed by atoms with E-state index in [0.717, 1.165) is 29.1 Å². The first-order chi connectivity index (χ1) is 9.40. The highest BCUT2D eigenvalue weighted by atomic mass is 32.1. The van der Waals surface area contributed by atoms with Crippen molar-refractivity contribution >= 4 is 28.9 Å². The highest BCUT2D eigenvalue weighted by Gasteiger charge is 2.19. The number of hydrogen-bond donors (Lipinski definition) is 1. The van der Waals surface area contributed by atoms with Gasteiger partial charge in [-0.3, -0.25) is 9.78 Å². The highest BCUT2D eigenvalue weighted by Crippen LogP contribution is 2.24. The topological polar surface area (TPSA) is 68.5 Å². The van der Waals surface area contributed by atoms with Gasteiger partial charge >= 0.3 is 5.97 Å². The summed E-state index contributed by atoms with van der Waals surface area (Å²) in [5.41, 5.74) is 9.02. The lowest BCUT2D eigenvalue weighted by Gasteiger charge is -2.26. The predicted octanol–water partition coefficient (Wildman–Crippen LogP) is 1.72. The van der Waals surface area contributed by atoms with Gasteiger partial charge in [-0.15, -0.1) is 0 Å². The summed E-state index contributed by atoms with van der Waals surface area (Å²) in [5.74, 6) is -0.292. The van der Waals surface area contributed by atoms with Crippen LogP contribution < -0.4 is 10.6 Å². The summed E-state index contributed by atoms with van der Waals surface area (Å²) in [7, 11) is 1.38. The number of nitrogens with two attached hydrogens (primary N) is 1. The monoisotopic (exact) mass is 295 g/mol. The lowest BCUT2D eigenvalue weighted by atomic mass is 10.1. The molecule has 1 heterocycles. The number of esters is 1. The van der Waals surface area contributed by atoms with Crippen molar-refractivity contribution < 1.29 is 9.53 Å². The highest BCUT2D eigenvalue weighted by molar-refractivity contribution is 7.80. The molecule has 1 rings (SSSR count). The number of pyridine rings is 1. The van der Waals surface area contributed by atoms with Crippen LogP contribution in [0.1, 0.15) is 30.3 Å². The van der Waals surface area contributed by atoms with E-state index in [9.17, 15) is 4.79 Å². The van der Waals surface area contributed by atoms with Gasteiger partial charge in [-0.2, -0.15) is 0 Å². The number of carbonyl (C=O) groups is 1. The number of methoxy groups -OCH3 is 1. The molecule has 0 fully saturated rings. The van der Waals surface area contributed by atoms with Gasteiger partial charge in [-0.25, -0.2) is 0 Å². The third kappa shape index (κ3) is 3.90. The first kappa shape index (κ1) is 16.4. The zero-order valence-corrected chi connectivity index (χ0v) is 13.2. The summed E-state index contributed by atoms with van der Waals surface area (Å²) in [5, 5.41) is 0. The van der Waals surface area contributed by atoms with Crippen LogP contribution in [0.15, 0.2) is 6.07 Å². The molecular formula is C14H21N3O2S. The molecule has 0 atom stereocenters. The second-order valence-electron chi connectivity index (χ2n) is 4.61. The maximum absolute atomic E-state index is 11.6. The summed E-state index contributed by atoms with van der Waals surface area (Å²) >= 11 is 5.12. The Morgan fingerprint density at radius 3 is 2.65 bits per heavy atom. The normalized spacial score (nSPS) is 10.2. The number of carbonyl (C=O) groups excluding carboxylic acids is 1. The Morgan fingerprint density at radius 2 is 2.15 bits per heavy atom. The molecule has 2 N–H and O–H groups in total. The Hall–Kier alpha value is -1.69. The van der Waals surface area contributed by atoms with Gasteiger partial charge in [0.05, 0.1) is 18.4 Å². The number of ether oxygens (including phenoxy) is 1. The van der Waals surface area contributed by atoms with E-state index in [1.807, 2.05) is 31.7 Å². The maximum atomic E-state index is 11.6. The van der Waals surface area contributed by atoms with Crippen LogP contribution in [0.25, 0.3) is 0 Å². The van der Waals surface area contributed by atoms with Gasteiger partial charge in [0, 0.05) is 17.9 Å². The van der Waals surface area contributed by atoms with Crippen molar-refractivity contribution in [2.24, 2.45) is 5.73 Å². The van der Waals surface area contributed by atoms with E-state index in [0.29, 0.717) is 6.54 Å². The maximum Gasteiger partial charge on any atom is 0.325 e. The molecule has 0 bridgehead atoms. The fraction of sp³-hybridized carbons (Fsp3) is 0.500. The quantitative estimate of drug-likeness (QED) is 0.636. The molecular weight excluding hydrogens is 274 g/mol. The van der Waals surface area contributed by atoms with Crippen molar-refractivity contribution in [1.29, 1.82) is 0 Å². The van der Waals surface area contributed by atoms with Crippen LogP contribution in [0.3, 0.4) is 0 Å². The Labute approximate surface area is 125 Å². The summed E-state index contributed by atoms with van der Waals surface area (Å²) in [4.78, 5) is 18.2. The molecule has 0 spiro atoms. The van der Waals surface area contributed by atoms with Crippen LogP contribution in [0.2, 0.25) is 0 Å². The molecule has 0 aliphatic heterocycles. The molecule has 1 aromatic heterocycles. The molecule has 0 amide bonds. The number of rotatable bonds is 6. The number of aromatic nitrogens is 1. The van der Waals surface area contributed by atoms with E-state index in [2.05, 4.69) is 4.98 Å². The van der Waals surface area contributed by atoms with E-state index < -0.39 is 0 Å². The van der Waals surface area contributed by atoms with Gasteiger partial charge in [0.1, 0.15) is 11.5 Å². The molecule has 20 heavy (non-hydrogen) atoms. The lowest BCUT2D eigenvalue weighted by molar-refractivity contribution is -0.138. The van der Waals surface area contributed by atoms with Gasteiger partial charge in [0.2, 0.25) is 0 Å². The number of nitrogens with zero attached hydrogens (tertiary/aromatic N) is 2. The summed E-state index contributed by atoms with van der Waals surface area (Å²) in [6.45, 7) is 6.71. The fourth-order valence-electron chi connectivity index (χ4n) is 2.14. The van der Waals surface area contributed by atoms with E-state index >= 15 is 0 Å². The van der Waals surface area contributed by atoms with E-state index in [4.69, 9.17) is 22.7 Å². The summed E-state index contributed by atoms with van der Waals surface area (Å²) in [6.07, 6.45) is 0.897. The molecule has 0 aliphatic carbocycles. The Bertz CT molecular complexity index is 517. The summed E-state index contributed by atoms with van der Waals surface area (Å²) < 4.78 is 4.75. The van der Waals surface area contributed by atoms with Gasteiger partial charge in [0.25, 0.3) is 0 Å². The second kappa shape index (κ2) is 7.19. The first-order valence-electron chi connectivity index (χ1n) is 6.50. The van der Waals surface area contributed by atoms with Crippen molar-refractivity contribution in [2.45, 2.75) is 27.2 Å². The minimum absolute atomic E-state index is 0.169. The average molecular weight is 295 g/mol. The first-order valence-corrected chi connectivity index (χ1v) is 6.91. The van der Waals surface area contributed by atoms with Gasteiger partial charge in [-0.05, 0) is 26.3 Å². The summed E-state index contributed by atoms with van der Waals surface area (Å²) in [6, 6.07) is 1.90. The third-order valence-corrected chi connectivity index (χ3v) is 3.14. The molecule has 110 valence electrons. The standard InChI is InChI=1S/C14H21N3O2S/c1-5-6-17(8-12(18)19-4)11-7-9(2)16-10(3)13(11)14(15)20/h7H,5-6,8H2,1-4H3,(H2,15,20). The fourth-order valence-corrected chi connectivity index (χ4v) is 2.39. The Balaban J connectivity index is 3.30. The van der Waals surface area contributed by atoms with Crippen LogP contribution >= 0.6 is 12.2 Å². The molecule has 0 radical (unpaired) electrons. The lowest BCUT2D eigenvalue weighted by Crippen LogP contribution is -2.33. The molecule has 0 saturated heterocycles. The van der Waals surface area contributed by atoms with E-state index in [1.165, 1.54) is 7.11 Å². The zero-order valence-electron chi connectivity index (χ0n) is 12.4. The minimum Gasteiger partial charge on any atom is -0.468 e. The van der Waals surface area contributed by atoms with E-state index in [1.54, 1.807) is 0 Å². The van der Waals surface area contributed by atoms with Gasteiger partial charge in [0.15, 0.2) is 0 Å². The molecule has 5 nitrogen and oxygen atoms in total. The second-order valence-corrected chi connectivity index (χ2v) is 5.04. The largest absolute Gasteiger partial charge is 0.468 e. The molecule has 0 unspecified atom stereocenters. The SMILES string of the molecule is CCCN(CC(=O)OC)c1cc(C)nc(C)c1C(N)=S. The van der Waals surface area contributed by atoms with Gasteiger partial charge < -0.3 is 15.4 Å².